The third-order valence-electron chi connectivity index (χ3n) is 5.41. The Morgan fingerprint density at radius 2 is 1.87 bits per heavy atom. The van der Waals surface area contributed by atoms with Crippen molar-refractivity contribution in [2.45, 2.75) is 12.8 Å². The first kappa shape index (κ1) is 19.6. The van der Waals surface area contributed by atoms with Crippen molar-refractivity contribution < 1.29 is 14.5 Å². The summed E-state index contributed by atoms with van der Waals surface area (Å²) in [6, 6.07) is 12.0. The van der Waals surface area contributed by atoms with Gasteiger partial charge in [0.1, 0.15) is 11.4 Å². The number of hydrogen-bond donors (Lipinski definition) is 0. The predicted octanol–water partition coefficient (Wildman–Crippen LogP) is 2.71. The van der Waals surface area contributed by atoms with Crippen molar-refractivity contribution >= 4 is 22.9 Å². The zero-order valence-electron chi connectivity index (χ0n) is 16.4. The van der Waals surface area contributed by atoms with Gasteiger partial charge in [0.15, 0.2) is 5.78 Å². The number of hydrogen-bond acceptors (Lipinski definition) is 7. The molecule has 0 radical (unpaired) electrons. The average molecular weight is 408 g/mol. The summed E-state index contributed by atoms with van der Waals surface area (Å²) in [5, 5.41) is 11.6. The number of benzene rings is 1. The highest BCUT2D eigenvalue weighted by Gasteiger charge is 2.32. The van der Waals surface area contributed by atoms with Crippen LogP contribution in [0.25, 0.3) is 5.65 Å². The molecule has 9 heteroatoms. The Balaban J connectivity index is 1.57. The first-order valence-corrected chi connectivity index (χ1v) is 9.58. The summed E-state index contributed by atoms with van der Waals surface area (Å²) in [7, 11) is 1.57. The lowest BCUT2D eigenvalue weighted by atomic mass is 9.89. The van der Waals surface area contributed by atoms with E-state index in [1.807, 2.05) is 0 Å². The van der Waals surface area contributed by atoms with Gasteiger partial charge in [-0.15, -0.1) is 0 Å². The molecule has 154 valence electrons. The van der Waals surface area contributed by atoms with Crippen molar-refractivity contribution in [3.63, 3.8) is 0 Å². The Bertz CT molecular complexity index is 1160. The van der Waals surface area contributed by atoms with Gasteiger partial charge in [0.05, 0.1) is 12.0 Å². The van der Waals surface area contributed by atoms with Gasteiger partial charge in [0.25, 0.3) is 0 Å². The van der Waals surface area contributed by atoms with Crippen molar-refractivity contribution in [3.05, 3.63) is 74.7 Å². The Labute approximate surface area is 171 Å². The smallest absolute Gasteiger partial charge is 0.376 e. The number of Topliss-reactive ketones (excluding diaryl/α,β-unsaturated/α-hetero) is 1. The van der Waals surface area contributed by atoms with E-state index in [0.29, 0.717) is 42.9 Å². The molecule has 1 aromatic carbocycles. The molecule has 0 amide bonds. The van der Waals surface area contributed by atoms with E-state index in [-0.39, 0.29) is 17.5 Å². The first-order valence-electron chi connectivity index (χ1n) is 9.58. The molecule has 0 atom stereocenters. The van der Waals surface area contributed by atoms with Gasteiger partial charge in [0.2, 0.25) is 5.82 Å². The molecule has 1 aliphatic rings. The summed E-state index contributed by atoms with van der Waals surface area (Å²) in [5.41, 5.74) is -0.294. The van der Waals surface area contributed by atoms with E-state index < -0.39 is 16.2 Å². The lowest BCUT2D eigenvalue weighted by Crippen LogP contribution is -2.38. The Kier molecular flexibility index (Phi) is 5.18. The number of fused-ring (bicyclic) bond motifs is 1. The number of carbonyl (C=O) groups is 1. The molecule has 0 unspecified atom stereocenters. The van der Waals surface area contributed by atoms with Crippen LogP contribution in [0.15, 0.2) is 53.5 Å². The number of pyridine rings is 1. The number of nitrogens with zero attached hydrogens (tertiary/aromatic N) is 4. The molecule has 3 aromatic rings. The number of methoxy groups -OCH3 is 1. The highest BCUT2D eigenvalue weighted by atomic mass is 16.6. The van der Waals surface area contributed by atoms with Gasteiger partial charge >= 0.3 is 11.2 Å². The predicted molar refractivity (Wildman–Crippen MR) is 110 cm³/mol. The number of rotatable bonds is 5. The Morgan fingerprint density at radius 1 is 1.17 bits per heavy atom. The van der Waals surface area contributed by atoms with Crippen LogP contribution < -0.4 is 15.2 Å². The lowest BCUT2D eigenvalue weighted by molar-refractivity contribution is -0.385. The molecule has 0 spiro atoms. The van der Waals surface area contributed by atoms with E-state index in [1.165, 1.54) is 10.6 Å². The van der Waals surface area contributed by atoms with Gasteiger partial charge in [-0.25, -0.2) is 4.98 Å². The minimum Gasteiger partial charge on any atom is -0.497 e. The number of anilines is 1. The second-order valence-corrected chi connectivity index (χ2v) is 7.13. The van der Waals surface area contributed by atoms with Crippen LogP contribution in [0.4, 0.5) is 11.5 Å². The fraction of sp³-hybridized carbons (Fsp3) is 0.286. The standard InChI is InChI=1S/C21H20N4O5/c1-30-16-7-5-14(6-8-16)19(26)15-9-12-23(13-10-15)20-18(25(28)29)21(27)24-11-3-2-4-17(24)22-20/h2-8,11,15H,9-10,12-13H2,1H3. The molecule has 1 aliphatic heterocycles. The number of aromatic nitrogens is 2. The quantitative estimate of drug-likeness (QED) is 0.363. The minimum absolute atomic E-state index is 0.0401. The molecule has 1 saturated heterocycles. The molecular formula is C21H20N4O5. The monoisotopic (exact) mass is 408 g/mol. The zero-order chi connectivity index (χ0) is 21.3. The van der Waals surface area contributed by atoms with Crippen molar-refractivity contribution in [2.75, 3.05) is 25.1 Å². The third kappa shape index (κ3) is 3.49. The van der Waals surface area contributed by atoms with Gasteiger partial charge in [-0.05, 0) is 49.2 Å². The van der Waals surface area contributed by atoms with E-state index >= 15 is 0 Å². The van der Waals surface area contributed by atoms with Crippen LogP contribution in [-0.4, -0.2) is 40.3 Å². The molecular weight excluding hydrogens is 388 g/mol. The second kappa shape index (κ2) is 7.94. The van der Waals surface area contributed by atoms with Gasteiger partial charge in [-0.2, -0.15) is 0 Å². The van der Waals surface area contributed by atoms with Crippen molar-refractivity contribution in [3.8, 4) is 5.75 Å². The molecule has 4 rings (SSSR count). The average Bonchev–Trinajstić information content (AvgIpc) is 2.78. The normalized spacial score (nSPS) is 14.6. The highest BCUT2D eigenvalue weighted by molar-refractivity contribution is 5.98. The van der Waals surface area contributed by atoms with Crippen molar-refractivity contribution in [1.82, 2.24) is 9.38 Å². The van der Waals surface area contributed by atoms with Gasteiger partial charge in [0, 0.05) is 30.8 Å². The van der Waals surface area contributed by atoms with Crippen LogP contribution in [0.2, 0.25) is 0 Å². The van der Waals surface area contributed by atoms with E-state index in [2.05, 4.69) is 4.98 Å². The molecule has 9 nitrogen and oxygen atoms in total. The molecule has 2 aromatic heterocycles. The second-order valence-electron chi connectivity index (χ2n) is 7.13. The van der Waals surface area contributed by atoms with E-state index in [0.717, 1.165) is 0 Å². The number of ketones is 1. The third-order valence-corrected chi connectivity index (χ3v) is 5.41. The molecule has 1 fully saturated rings. The Hall–Kier alpha value is -3.75. The molecule has 0 N–H and O–H groups in total. The summed E-state index contributed by atoms with van der Waals surface area (Å²) >= 11 is 0. The van der Waals surface area contributed by atoms with Crippen molar-refractivity contribution in [1.29, 1.82) is 0 Å². The summed E-state index contributed by atoms with van der Waals surface area (Å²) in [4.78, 5) is 42.5. The Morgan fingerprint density at radius 3 is 2.50 bits per heavy atom. The maximum absolute atomic E-state index is 12.8. The van der Waals surface area contributed by atoms with Crippen LogP contribution in [0, 0.1) is 16.0 Å². The summed E-state index contributed by atoms with van der Waals surface area (Å²) in [6.07, 6.45) is 2.51. The van der Waals surface area contributed by atoms with Gasteiger partial charge in [-0.3, -0.25) is 24.1 Å². The lowest BCUT2D eigenvalue weighted by Gasteiger charge is -2.31. The van der Waals surface area contributed by atoms with Crippen LogP contribution in [0.3, 0.4) is 0 Å². The molecule has 0 bridgehead atoms. The van der Waals surface area contributed by atoms with Gasteiger partial charge < -0.3 is 9.64 Å². The van der Waals surface area contributed by atoms with E-state index in [1.54, 1.807) is 54.5 Å². The molecule has 0 aliphatic carbocycles. The fourth-order valence-corrected chi connectivity index (χ4v) is 3.79. The van der Waals surface area contributed by atoms with Crippen LogP contribution in [0.1, 0.15) is 23.2 Å². The number of carbonyl (C=O) groups excluding carboxylic acids is 1. The molecule has 3 heterocycles. The fourth-order valence-electron chi connectivity index (χ4n) is 3.79. The maximum atomic E-state index is 12.8. The van der Waals surface area contributed by atoms with E-state index in [4.69, 9.17) is 4.74 Å². The molecule has 30 heavy (non-hydrogen) atoms. The van der Waals surface area contributed by atoms with Gasteiger partial charge in [-0.1, -0.05) is 6.07 Å². The number of nitro groups is 1. The van der Waals surface area contributed by atoms with Crippen LogP contribution >= 0.6 is 0 Å². The highest BCUT2D eigenvalue weighted by Crippen LogP contribution is 2.29. The minimum atomic E-state index is -0.711. The number of ether oxygens (including phenoxy) is 1. The summed E-state index contributed by atoms with van der Waals surface area (Å²) in [5.74, 6) is 0.600. The number of piperidine rings is 1. The first-order chi connectivity index (χ1) is 14.5. The van der Waals surface area contributed by atoms with Crippen molar-refractivity contribution in [2.24, 2.45) is 5.92 Å². The maximum Gasteiger partial charge on any atom is 0.376 e. The topological polar surface area (TPSA) is 107 Å². The summed E-state index contributed by atoms with van der Waals surface area (Å²) < 4.78 is 6.29. The van der Waals surface area contributed by atoms with E-state index in [9.17, 15) is 19.7 Å². The molecule has 0 saturated carbocycles. The van der Waals surface area contributed by atoms with Crippen LogP contribution in [0.5, 0.6) is 5.75 Å². The SMILES string of the molecule is COc1ccc(C(=O)C2CCN(c3nc4ccccn4c(=O)c3[N+](=O)[O-])CC2)cc1. The zero-order valence-corrected chi connectivity index (χ0v) is 16.4. The summed E-state index contributed by atoms with van der Waals surface area (Å²) in [6.45, 7) is 0.811. The largest absolute Gasteiger partial charge is 0.497 e. The van der Waals surface area contributed by atoms with Crippen LogP contribution in [-0.2, 0) is 0 Å².